The quantitative estimate of drug-likeness (QED) is 0.261. The minimum absolute atomic E-state index is 0.110. The van der Waals surface area contributed by atoms with Crippen LogP contribution in [0.1, 0.15) is 32.6 Å². The maximum Gasteiger partial charge on any atom is 0.320 e. The van der Waals surface area contributed by atoms with Crippen LogP contribution in [0.15, 0.2) is 0 Å². The second-order valence-electron chi connectivity index (χ2n) is 6.64. The average molecular weight is 425 g/mol. The number of aliphatic hydroxyl groups excluding tert-OH is 1. The van der Waals surface area contributed by atoms with Crippen LogP contribution in [0.2, 0.25) is 0 Å². The smallest absolute Gasteiger partial charge is 0.320 e. The molecule has 1 fully saturated rings. The number of carbonyl (C=O) groups excluding carboxylic acids is 2. The number of methoxy groups -OCH3 is 3. The molecule has 1 saturated carbocycles. The lowest BCUT2D eigenvalue weighted by Crippen LogP contribution is -2.52. The van der Waals surface area contributed by atoms with Gasteiger partial charge in [0.05, 0.1) is 26.4 Å². The summed E-state index contributed by atoms with van der Waals surface area (Å²) in [5.74, 6) is -2.65. The molecular weight excluding hydrogens is 396 g/mol. The van der Waals surface area contributed by atoms with Crippen LogP contribution in [0.25, 0.3) is 0 Å². The van der Waals surface area contributed by atoms with Gasteiger partial charge in [-0.05, 0) is 25.2 Å². The number of halogens is 1. The van der Waals surface area contributed by atoms with Crippen LogP contribution < -0.4 is 0 Å². The zero-order chi connectivity index (χ0) is 19.0. The van der Waals surface area contributed by atoms with Gasteiger partial charge < -0.3 is 24.1 Å². The Morgan fingerprint density at radius 3 is 2.28 bits per heavy atom. The fourth-order valence-corrected chi connectivity index (χ4v) is 4.15. The predicted octanol–water partition coefficient (Wildman–Crippen LogP) is 1.89. The number of alkyl halides is 1. The van der Waals surface area contributed by atoms with Gasteiger partial charge in [-0.15, -0.1) is 0 Å². The molecule has 0 aromatic heterocycles. The SMILES string of the molecule is COCO[C@@H]1CCC[C@H](C(C(=O)OC)C(=O)OC)[C@@]1(C)C[C@H](O)CBr. The lowest BCUT2D eigenvalue weighted by atomic mass is 9.59. The number of ether oxygens (including phenoxy) is 4. The summed E-state index contributed by atoms with van der Waals surface area (Å²) in [6.45, 7) is 2.06. The van der Waals surface area contributed by atoms with Crippen molar-refractivity contribution in [2.24, 2.45) is 17.3 Å². The molecule has 0 unspecified atom stereocenters. The predicted molar refractivity (Wildman–Crippen MR) is 94.1 cm³/mol. The van der Waals surface area contributed by atoms with Crippen molar-refractivity contribution in [1.29, 1.82) is 0 Å². The van der Waals surface area contributed by atoms with E-state index in [0.717, 1.165) is 12.8 Å². The molecule has 0 saturated heterocycles. The van der Waals surface area contributed by atoms with Crippen molar-refractivity contribution in [3.63, 3.8) is 0 Å². The van der Waals surface area contributed by atoms with Gasteiger partial charge in [-0.2, -0.15) is 0 Å². The monoisotopic (exact) mass is 424 g/mol. The molecular formula is C17H29BrO7. The van der Waals surface area contributed by atoms with Crippen LogP contribution in [0.4, 0.5) is 0 Å². The largest absolute Gasteiger partial charge is 0.468 e. The van der Waals surface area contributed by atoms with E-state index in [0.29, 0.717) is 18.2 Å². The highest BCUT2D eigenvalue weighted by atomic mass is 79.9. The fraction of sp³-hybridized carbons (Fsp3) is 0.882. The normalized spacial score (nSPS) is 27.8. The highest BCUT2D eigenvalue weighted by Gasteiger charge is 2.53. The van der Waals surface area contributed by atoms with Gasteiger partial charge in [-0.3, -0.25) is 9.59 Å². The van der Waals surface area contributed by atoms with Gasteiger partial charge in [0, 0.05) is 17.9 Å². The highest BCUT2D eigenvalue weighted by Crippen LogP contribution is 2.50. The van der Waals surface area contributed by atoms with E-state index in [9.17, 15) is 14.7 Å². The third kappa shape index (κ3) is 5.39. The molecule has 146 valence electrons. The van der Waals surface area contributed by atoms with Crippen LogP contribution in [0, 0.1) is 17.3 Å². The summed E-state index contributed by atoms with van der Waals surface area (Å²) in [6, 6.07) is 0. The average Bonchev–Trinajstić information content (AvgIpc) is 2.61. The van der Waals surface area contributed by atoms with E-state index in [-0.39, 0.29) is 18.8 Å². The van der Waals surface area contributed by atoms with Gasteiger partial charge in [-0.25, -0.2) is 0 Å². The summed E-state index contributed by atoms with van der Waals surface area (Å²) in [5.41, 5.74) is -0.614. The number of rotatable bonds is 9. The maximum absolute atomic E-state index is 12.3. The Hall–Kier alpha value is -0.700. The molecule has 1 N–H and O–H groups in total. The first-order valence-electron chi connectivity index (χ1n) is 8.35. The Labute approximate surface area is 157 Å². The van der Waals surface area contributed by atoms with E-state index < -0.39 is 29.4 Å². The molecule has 7 nitrogen and oxygen atoms in total. The molecule has 0 heterocycles. The van der Waals surface area contributed by atoms with Crippen molar-refractivity contribution in [1.82, 2.24) is 0 Å². The Morgan fingerprint density at radius 1 is 1.20 bits per heavy atom. The molecule has 0 radical (unpaired) electrons. The molecule has 8 heteroatoms. The molecule has 0 aliphatic heterocycles. The van der Waals surface area contributed by atoms with Crippen LogP contribution in [0.3, 0.4) is 0 Å². The second kappa shape index (κ2) is 10.4. The molecule has 1 aliphatic rings. The molecule has 0 aromatic rings. The Morgan fingerprint density at radius 2 is 1.80 bits per heavy atom. The summed E-state index contributed by atoms with van der Waals surface area (Å²) >= 11 is 3.28. The Kier molecular flexibility index (Phi) is 9.34. The van der Waals surface area contributed by atoms with Crippen LogP contribution in [-0.2, 0) is 28.5 Å². The molecule has 1 aliphatic carbocycles. The van der Waals surface area contributed by atoms with Crippen molar-refractivity contribution >= 4 is 27.9 Å². The zero-order valence-corrected chi connectivity index (χ0v) is 16.9. The molecule has 0 aromatic carbocycles. The summed E-state index contributed by atoms with van der Waals surface area (Å²) in [7, 11) is 4.05. The molecule has 0 amide bonds. The fourth-order valence-electron chi connectivity index (χ4n) is 3.92. The van der Waals surface area contributed by atoms with Crippen molar-refractivity contribution < 1.29 is 33.6 Å². The van der Waals surface area contributed by atoms with Gasteiger partial charge in [-0.1, -0.05) is 29.3 Å². The van der Waals surface area contributed by atoms with Crippen molar-refractivity contribution in [2.45, 2.75) is 44.8 Å². The number of hydrogen-bond donors (Lipinski definition) is 1. The van der Waals surface area contributed by atoms with Crippen LogP contribution in [0.5, 0.6) is 0 Å². The van der Waals surface area contributed by atoms with Gasteiger partial charge in [0.25, 0.3) is 0 Å². The standard InChI is InChI=1S/C17H29BrO7/c1-17(8-11(19)9-18)12(6-5-7-13(17)25-10-22-2)14(15(20)23-3)16(21)24-4/h11-14,19H,5-10H2,1-4H3/t11-,12+,13+,17+/m0/s1. The maximum atomic E-state index is 12.3. The van der Waals surface area contributed by atoms with Gasteiger partial charge in [0.15, 0.2) is 5.92 Å². The number of aliphatic hydroxyl groups is 1. The first-order valence-corrected chi connectivity index (χ1v) is 9.48. The summed E-state index contributed by atoms with van der Waals surface area (Å²) in [5, 5.41) is 10.6. The topological polar surface area (TPSA) is 91.3 Å². The first kappa shape index (κ1) is 22.3. The van der Waals surface area contributed by atoms with E-state index in [1.54, 1.807) is 0 Å². The number of esters is 2. The Balaban J connectivity index is 3.24. The van der Waals surface area contributed by atoms with Crippen molar-refractivity contribution in [3.8, 4) is 0 Å². The minimum Gasteiger partial charge on any atom is -0.468 e. The summed E-state index contributed by atoms with van der Waals surface area (Å²) < 4.78 is 20.6. The van der Waals surface area contributed by atoms with Crippen LogP contribution >= 0.6 is 15.9 Å². The van der Waals surface area contributed by atoms with Gasteiger partial charge in [0.2, 0.25) is 0 Å². The van der Waals surface area contributed by atoms with E-state index in [1.807, 2.05) is 6.92 Å². The number of carbonyl (C=O) groups is 2. The number of hydrogen-bond acceptors (Lipinski definition) is 7. The molecule has 25 heavy (non-hydrogen) atoms. The second-order valence-corrected chi connectivity index (χ2v) is 7.29. The van der Waals surface area contributed by atoms with E-state index in [4.69, 9.17) is 18.9 Å². The van der Waals surface area contributed by atoms with E-state index in [1.165, 1.54) is 21.3 Å². The third-order valence-corrected chi connectivity index (χ3v) is 5.86. The lowest BCUT2D eigenvalue weighted by molar-refractivity contribution is -0.183. The van der Waals surface area contributed by atoms with Gasteiger partial charge >= 0.3 is 11.9 Å². The molecule has 1 rings (SSSR count). The molecule has 0 bridgehead atoms. The summed E-state index contributed by atoms with van der Waals surface area (Å²) in [6.07, 6.45) is 1.70. The highest BCUT2D eigenvalue weighted by molar-refractivity contribution is 9.09. The van der Waals surface area contributed by atoms with Crippen LogP contribution in [-0.4, -0.2) is 62.7 Å². The molecule has 0 spiro atoms. The lowest BCUT2D eigenvalue weighted by Gasteiger charge is -2.49. The summed E-state index contributed by atoms with van der Waals surface area (Å²) in [4.78, 5) is 24.6. The molecule has 4 atom stereocenters. The minimum atomic E-state index is -1.04. The van der Waals surface area contributed by atoms with E-state index in [2.05, 4.69) is 15.9 Å². The van der Waals surface area contributed by atoms with E-state index >= 15 is 0 Å². The van der Waals surface area contributed by atoms with Crippen molar-refractivity contribution in [3.05, 3.63) is 0 Å². The Bertz CT molecular complexity index is 429. The zero-order valence-electron chi connectivity index (χ0n) is 15.3. The third-order valence-electron chi connectivity index (χ3n) is 5.12. The van der Waals surface area contributed by atoms with Gasteiger partial charge in [0.1, 0.15) is 6.79 Å². The first-order chi connectivity index (χ1) is 11.8. The van der Waals surface area contributed by atoms with Crippen molar-refractivity contribution in [2.75, 3.05) is 33.5 Å².